The second-order valence-corrected chi connectivity index (χ2v) is 5.14. The van der Waals surface area contributed by atoms with E-state index < -0.39 is 0 Å². The van der Waals surface area contributed by atoms with Crippen LogP contribution in [0.1, 0.15) is 18.5 Å². The van der Waals surface area contributed by atoms with E-state index >= 15 is 0 Å². The molecule has 1 heterocycles. The molecule has 2 rings (SSSR count). The number of esters is 1. The maximum atomic E-state index is 11.9. The quantitative estimate of drug-likeness (QED) is 0.660. The summed E-state index contributed by atoms with van der Waals surface area (Å²) in [6.45, 7) is 2.16. The molecule has 18 heavy (non-hydrogen) atoms. The molecule has 0 aromatic heterocycles. The molecule has 2 N–H and O–H groups in total. The summed E-state index contributed by atoms with van der Waals surface area (Å²) in [7, 11) is 0. The van der Waals surface area contributed by atoms with Crippen molar-refractivity contribution in [1.29, 1.82) is 0 Å². The van der Waals surface area contributed by atoms with Gasteiger partial charge in [0.15, 0.2) is 0 Å². The number of benzene rings is 1. The first-order valence-corrected chi connectivity index (χ1v) is 7.13. The first-order chi connectivity index (χ1) is 8.74. The second kappa shape index (κ2) is 6.26. The van der Waals surface area contributed by atoms with Crippen molar-refractivity contribution in [3.05, 3.63) is 46.1 Å². The molecule has 4 nitrogen and oxygen atoms in total. The number of ether oxygens (including phenoxy) is 1. The number of nitrogens with one attached hydrogen (secondary N) is 2. The van der Waals surface area contributed by atoms with Gasteiger partial charge in [-0.15, -0.1) is 0 Å². The van der Waals surface area contributed by atoms with Crippen LogP contribution in [0.3, 0.4) is 0 Å². The number of rotatable bonds is 3. The SMILES string of the molecule is CCOC(=O)C1=CNSNC1c1ccccc1Br. The Balaban J connectivity index is 2.31. The van der Waals surface area contributed by atoms with E-state index in [0.29, 0.717) is 12.2 Å². The molecule has 0 fully saturated rings. The molecule has 0 amide bonds. The van der Waals surface area contributed by atoms with Crippen LogP contribution in [0, 0.1) is 0 Å². The molecule has 6 heteroatoms. The Morgan fingerprint density at radius 2 is 2.28 bits per heavy atom. The molecular formula is C12H13BrN2O2S. The van der Waals surface area contributed by atoms with Gasteiger partial charge in [-0.25, -0.2) is 9.52 Å². The molecule has 0 saturated carbocycles. The van der Waals surface area contributed by atoms with Gasteiger partial charge in [0.1, 0.15) is 0 Å². The zero-order valence-corrected chi connectivity index (χ0v) is 12.2. The first-order valence-electron chi connectivity index (χ1n) is 5.52. The van der Waals surface area contributed by atoms with Crippen LogP contribution < -0.4 is 9.44 Å². The van der Waals surface area contributed by atoms with E-state index in [0.717, 1.165) is 10.0 Å². The maximum Gasteiger partial charge on any atom is 0.337 e. The van der Waals surface area contributed by atoms with E-state index in [1.807, 2.05) is 24.3 Å². The predicted octanol–water partition coefficient (Wildman–Crippen LogP) is 2.69. The van der Waals surface area contributed by atoms with E-state index in [2.05, 4.69) is 25.4 Å². The number of carbonyl (C=O) groups is 1. The van der Waals surface area contributed by atoms with Gasteiger partial charge >= 0.3 is 5.97 Å². The lowest BCUT2D eigenvalue weighted by Crippen LogP contribution is -2.30. The van der Waals surface area contributed by atoms with Gasteiger partial charge in [-0.3, -0.25) is 0 Å². The van der Waals surface area contributed by atoms with Crippen molar-refractivity contribution in [2.45, 2.75) is 13.0 Å². The summed E-state index contributed by atoms with van der Waals surface area (Å²) in [6.07, 6.45) is 1.68. The monoisotopic (exact) mass is 328 g/mol. The summed E-state index contributed by atoms with van der Waals surface area (Å²) in [5.41, 5.74) is 1.58. The van der Waals surface area contributed by atoms with E-state index in [4.69, 9.17) is 4.74 Å². The highest BCUT2D eigenvalue weighted by atomic mass is 79.9. The lowest BCUT2D eigenvalue weighted by atomic mass is 10.0. The number of hydrogen-bond acceptors (Lipinski definition) is 5. The van der Waals surface area contributed by atoms with Crippen molar-refractivity contribution < 1.29 is 9.53 Å². The third-order valence-electron chi connectivity index (χ3n) is 2.49. The Labute approximate surface area is 119 Å². The number of carbonyl (C=O) groups excluding carboxylic acids is 1. The van der Waals surface area contributed by atoms with E-state index in [9.17, 15) is 4.79 Å². The molecule has 1 aliphatic rings. The zero-order chi connectivity index (χ0) is 13.0. The Kier molecular flexibility index (Phi) is 4.68. The van der Waals surface area contributed by atoms with Gasteiger partial charge in [0.25, 0.3) is 0 Å². The van der Waals surface area contributed by atoms with Crippen molar-refractivity contribution in [3.8, 4) is 0 Å². The number of hydrogen-bond donors (Lipinski definition) is 2. The molecule has 1 atom stereocenters. The summed E-state index contributed by atoms with van der Waals surface area (Å²) < 4.78 is 12.1. The van der Waals surface area contributed by atoms with Gasteiger partial charge < -0.3 is 9.46 Å². The summed E-state index contributed by atoms with van der Waals surface area (Å²) in [6, 6.07) is 7.62. The van der Waals surface area contributed by atoms with Crippen LogP contribution >= 0.6 is 28.1 Å². The molecular weight excluding hydrogens is 316 g/mol. The highest BCUT2D eigenvalue weighted by Gasteiger charge is 2.27. The molecule has 0 spiro atoms. The predicted molar refractivity (Wildman–Crippen MR) is 75.5 cm³/mol. The highest BCUT2D eigenvalue weighted by molar-refractivity contribution is 9.10. The van der Waals surface area contributed by atoms with E-state index in [1.54, 1.807) is 13.1 Å². The van der Waals surface area contributed by atoms with Crippen molar-refractivity contribution in [2.75, 3.05) is 6.61 Å². The van der Waals surface area contributed by atoms with Crippen LogP contribution in [0.4, 0.5) is 0 Å². The standard InChI is InChI=1S/C12H13BrN2O2S/c1-2-17-12(16)9-7-14-18-15-11(9)8-5-3-4-6-10(8)13/h3-7,11,14-15H,2H2,1H3. The van der Waals surface area contributed by atoms with E-state index in [1.165, 1.54) is 12.1 Å². The van der Waals surface area contributed by atoms with Crippen molar-refractivity contribution in [1.82, 2.24) is 9.44 Å². The molecule has 1 aromatic carbocycles. The molecule has 1 unspecified atom stereocenters. The number of halogens is 1. The molecule has 0 aliphatic carbocycles. The van der Waals surface area contributed by atoms with Crippen LogP contribution in [-0.2, 0) is 9.53 Å². The minimum Gasteiger partial charge on any atom is -0.463 e. The first kappa shape index (κ1) is 13.5. The minimum atomic E-state index is -0.307. The highest BCUT2D eigenvalue weighted by Crippen LogP contribution is 2.31. The molecule has 0 bridgehead atoms. The topological polar surface area (TPSA) is 50.4 Å². The Bertz CT molecular complexity index is 479. The zero-order valence-electron chi connectivity index (χ0n) is 9.77. The van der Waals surface area contributed by atoms with Gasteiger partial charge in [0, 0.05) is 22.8 Å². The van der Waals surface area contributed by atoms with Gasteiger partial charge in [0.2, 0.25) is 0 Å². The second-order valence-electron chi connectivity index (χ2n) is 3.61. The summed E-state index contributed by atoms with van der Waals surface area (Å²) in [5.74, 6) is -0.307. The molecule has 0 saturated heterocycles. The van der Waals surface area contributed by atoms with Gasteiger partial charge in [0.05, 0.1) is 18.2 Å². The maximum absolute atomic E-state index is 11.9. The average Bonchev–Trinajstić information content (AvgIpc) is 2.40. The lowest BCUT2D eigenvalue weighted by molar-refractivity contribution is -0.138. The summed E-state index contributed by atoms with van der Waals surface area (Å²) in [5, 5.41) is 0. The van der Waals surface area contributed by atoms with Crippen LogP contribution in [0.25, 0.3) is 0 Å². The molecule has 96 valence electrons. The smallest absolute Gasteiger partial charge is 0.337 e. The van der Waals surface area contributed by atoms with Gasteiger partial charge in [-0.05, 0) is 18.6 Å². The Morgan fingerprint density at radius 3 is 3.00 bits per heavy atom. The third-order valence-corrected chi connectivity index (χ3v) is 3.80. The fourth-order valence-electron chi connectivity index (χ4n) is 1.66. The third kappa shape index (κ3) is 2.88. The average molecular weight is 329 g/mol. The Morgan fingerprint density at radius 1 is 1.50 bits per heavy atom. The fraction of sp³-hybridized carbons (Fsp3) is 0.250. The van der Waals surface area contributed by atoms with Gasteiger partial charge in [-0.1, -0.05) is 34.1 Å². The van der Waals surface area contributed by atoms with Gasteiger partial charge in [-0.2, -0.15) is 0 Å². The van der Waals surface area contributed by atoms with Crippen LogP contribution in [0.15, 0.2) is 40.5 Å². The minimum absolute atomic E-state index is 0.189. The van der Waals surface area contributed by atoms with E-state index in [-0.39, 0.29) is 12.0 Å². The van der Waals surface area contributed by atoms with Crippen molar-refractivity contribution >= 4 is 34.0 Å². The van der Waals surface area contributed by atoms with Crippen molar-refractivity contribution in [3.63, 3.8) is 0 Å². The largest absolute Gasteiger partial charge is 0.463 e. The normalized spacial score (nSPS) is 18.8. The molecule has 1 aromatic rings. The Hall–Kier alpha value is -0.980. The molecule has 1 aliphatic heterocycles. The lowest BCUT2D eigenvalue weighted by Gasteiger charge is -2.25. The van der Waals surface area contributed by atoms with Crippen molar-refractivity contribution in [2.24, 2.45) is 0 Å². The van der Waals surface area contributed by atoms with Crippen LogP contribution in [-0.4, -0.2) is 12.6 Å². The van der Waals surface area contributed by atoms with Crippen LogP contribution in [0.2, 0.25) is 0 Å². The molecule has 0 radical (unpaired) electrons. The summed E-state index contributed by atoms with van der Waals surface area (Å²) >= 11 is 4.84. The fourth-order valence-corrected chi connectivity index (χ4v) is 2.80. The summed E-state index contributed by atoms with van der Waals surface area (Å²) in [4.78, 5) is 11.9. The van der Waals surface area contributed by atoms with Crippen LogP contribution in [0.5, 0.6) is 0 Å².